The summed E-state index contributed by atoms with van der Waals surface area (Å²) in [6, 6.07) is 0. The predicted octanol–water partition coefficient (Wildman–Crippen LogP) is 2.53. The fourth-order valence-electron chi connectivity index (χ4n) is 3.71. The van der Waals surface area contributed by atoms with Gasteiger partial charge in [-0.2, -0.15) is 0 Å². The SMILES string of the molecule is CC1CCC2CC1(C(=O)O)C2(C)C. The summed E-state index contributed by atoms with van der Waals surface area (Å²) in [4.78, 5) is 11.3. The Morgan fingerprint density at radius 1 is 1.38 bits per heavy atom. The van der Waals surface area contributed by atoms with Crippen LogP contribution < -0.4 is 0 Å². The van der Waals surface area contributed by atoms with Gasteiger partial charge in [0.1, 0.15) is 0 Å². The van der Waals surface area contributed by atoms with Gasteiger partial charge in [-0.3, -0.25) is 4.79 Å². The first-order valence-electron chi connectivity index (χ1n) is 5.16. The van der Waals surface area contributed by atoms with Crippen molar-refractivity contribution < 1.29 is 9.90 Å². The number of carbonyl (C=O) groups is 1. The Morgan fingerprint density at radius 3 is 2.31 bits per heavy atom. The van der Waals surface area contributed by atoms with Crippen LogP contribution in [-0.4, -0.2) is 11.1 Å². The fraction of sp³-hybridized carbons (Fsp3) is 0.909. The molecule has 3 unspecified atom stereocenters. The summed E-state index contributed by atoms with van der Waals surface area (Å²) in [6.07, 6.45) is 3.24. The van der Waals surface area contributed by atoms with Crippen molar-refractivity contribution in [3.8, 4) is 0 Å². The van der Waals surface area contributed by atoms with Crippen LogP contribution in [0, 0.1) is 22.7 Å². The van der Waals surface area contributed by atoms with Crippen LogP contribution in [-0.2, 0) is 4.79 Å². The Morgan fingerprint density at radius 2 is 2.00 bits per heavy atom. The summed E-state index contributed by atoms with van der Waals surface area (Å²) in [5.41, 5.74) is -0.383. The topological polar surface area (TPSA) is 37.3 Å². The van der Waals surface area contributed by atoms with Gasteiger partial charge in [-0.15, -0.1) is 0 Å². The van der Waals surface area contributed by atoms with Crippen molar-refractivity contribution in [1.29, 1.82) is 0 Å². The lowest BCUT2D eigenvalue weighted by molar-refractivity contribution is -0.217. The average molecular weight is 182 g/mol. The number of carboxylic acids is 1. The molecule has 0 saturated heterocycles. The van der Waals surface area contributed by atoms with Gasteiger partial charge in [0, 0.05) is 0 Å². The van der Waals surface area contributed by atoms with Crippen LogP contribution in [0.3, 0.4) is 0 Å². The molecule has 74 valence electrons. The van der Waals surface area contributed by atoms with Crippen LogP contribution in [0.15, 0.2) is 0 Å². The zero-order valence-corrected chi connectivity index (χ0v) is 8.63. The van der Waals surface area contributed by atoms with E-state index in [2.05, 4.69) is 20.8 Å². The quantitative estimate of drug-likeness (QED) is 0.676. The Bertz CT molecular complexity index is 257. The Labute approximate surface area is 79.3 Å². The molecule has 0 spiro atoms. The van der Waals surface area contributed by atoms with Gasteiger partial charge in [0.15, 0.2) is 0 Å². The molecular formula is C11H18O2. The molecule has 2 nitrogen and oxygen atoms in total. The predicted molar refractivity (Wildman–Crippen MR) is 50.4 cm³/mol. The van der Waals surface area contributed by atoms with Crippen LogP contribution in [0.25, 0.3) is 0 Å². The molecule has 3 rings (SSSR count). The van der Waals surface area contributed by atoms with Crippen LogP contribution in [0.4, 0.5) is 0 Å². The molecule has 0 aromatic rings. The average Bonchev–Trinajstić information content (AvgIpc) is 2.02. The summed E-state index contributed by atoms with van der Waals surface area (Å²) in [5.74, 6) is 0.436. The molecule has 0 amide bonds. The smallest absolute Gasteiger partial charge is 0.310 e. The Hall–Kier alpha value is -0.530. The second-order valence-electron chi connectivity index (χ2n) is 5.38. The van der Waals surface area contributed by atoms with E-state index in [1.165, 1.54) is 6.42 Å². The molecule has 3 saturated carbocycles. The van der Waals surface area contributed by atoms with Crippen LogP contribution >= 0.6 is 0 Å². The number of fused-ring (bicyclic) bond motifs is 2. The van der Waals surface area contributed by atoms with E-state index >= 15 is 0 Å². The molecular weight excluding hydrogens is 164 g/mol. The van der Waals surface area contributed by atoms with E-state index in [0.29, 0.717) is 11.8 Å². The van der Waals surface area contributed by atoms with E-state index in [9.17, 15) is 9.90 Å². The molecule has 3 atom stereocenters. The minimum atomic E-state index is -0.569. The van der Waals surface area contributed by atoms with Crippen molar-refractivity contribution in [3.63, 3.8) is 0 Å². The molecule has 0 heterocycles. The third-order valence-corrected chi connectivity index (χ3v) is 4.91. The van der Waals surface area contributed by atoms with E-state index in [-0.39, 0.29) is 5.41 Å². The van der Waals surface area contributed by atoms with Gasteiger partial charge in [-0.05, 0) is 36.5 Å². The first-order chi connectivity index (χ1) is 5.93. The minimum absolute atomic E-state index is 0.0243. The summed E-state index contributed by atoms with van der Waals surface area (Å²) in [7, 11) is 0. The maximum absolute atomic E-state index is 11.3. The van der Waals surface area contributed by atoms with Crippen molar-refractivity contribution in [2.24, 2.45) is 22.7 Å². The second kappa shape index (κ2) is 2.28. The van der Waals surface area contributed by atoms with Gasteiger partial charge >= 0.3 is 5.97 Å². The maximum atomic E-state index is 11.3. The summed E-state index contributed by atoms with van der Waals surface area (Å²) in [5, 5.41) is 9.34. The molecule has 13 heavy (non-hydrogen) atoms. The monoisotopic (exact) mass is 182 g/mol. The third kappa shape index (κ3) is 0.773. The largest absolute Gasteiger partial charge is 0.481 e. The normalized spacial score (nSPS) is 46.7. The minimum Gasteiger partial charge on any atom is -0.481 e. The van der Waals surface area contributed by atoms with Crippen molar-refractivity contribution in [3.05, 3.63) is 0 Å². The third-order valence-electron chi connectivity index (χ3n) is 4.91. The van der Waals surface area contributed by atoms with Crippen LogP contribution in [0.1, 0.15) is 40.0 Å². The highest BCUT2D eigenvalue weighted by Crippen LogP contribution is 2.69. The van der Waals surface area contributed by atoms with E-state index < -0.39 is 11.4 Å². The van der Waals surface area contributed by atoms with Gasteiger partial charge in [0.2, 0.25) is 0 Å². The molecule has 2 bridgehead atoms. The van der Waals surface area contributed by atoms with Crippen molar-refractivity contribution in [2.45, 2.75) is 40.0 Å². The highest BCUT2D eigenvalue weighted by atomic mass is 16.4. The maximum Gasteiger partial charge on any atom is 0.310 e. The lowest BCUT2D eigenvalue weighted by Crippen LogP contribution is -2.65. The Balaban J connectivity index is 2.39. The number of hydrogen-bond donors (Lipinski definition) is 1. The summed E-state index contributed by atoms with van der Waals surface area (Å²) >= 11 is 0. The molecule has 3 aliphatic rings. The van der Waals surface area contributed by atoms with Gasteiger partial charge < -0.3 is 5.11 Å². The first-order valence-corrected chi connectivity index (χ1v) is 5.16. The molecule has 0 radical (unpaired) electrons. The van der Waals surface area contributed by atoms with Crippen LogP contribution in [0.2, 0.25) is 0 Å². The fourth-order valence-corrected chi connectivity index (χ4v) is 3.71. The lowest BCUT2D eigenvalue weighted by Gasteiger charge is -2.66. The van der Waals surface area contributed by atoms with Gasteiger partial charge in [0.25, 0.3) is 0 Å². The molecule has 1 N–H and O–H groups in total. The van der Waals surface area contributed by atoms with E-state index in [0.717, 1.165) is 12.8 Å². The number of carboxylic acid groups (broad SMARTS) is 1. The van der Waals surface area contributed by atoms with Crippen molar-refractivity contribution in [2.75, 3.05) is 0 Å². The number of hydrogen-bond acceptors (Lipinski definition) is 1. The summed E-state index contributed by atoms with van der Waals surface area (Å²) < 4.78 is 0. The molecule has 2 heteroatoms. The molecule has 0 aromatic heterocycles. The van der Waals surface area contributed by atoms with Gasteiger partial charge in [-0.25, -0.2) is 0 Å². The zero-order valence-electron chi connectivity index (χ0n) is 8.63. The van der Waals surface area contributed by atoms with Crippen molar-refractivity contribution >= 4 is 5.97 Å². The second-order valence-corrected chi connectivity index (χ2v) is 5.38. The standard InChI is InChI=1S/C11H18O2/c1-7-4-5-8-6-11(7,9(12)13)10(8,2)3/h7-8H,4-6H2,1-3H3,(H,12,13). The van der Waals surface area contributed by atoms with Gasteiger partial charge in [0.05, 0.1) is 5.41 Å². The molecule has 0 aliphatic heterocycles. The molecule has 0 aromatic carbocycles. The van der Waals surface area contributed by atoms with Gasteiger partial charge in [-0.1, -0.05) is 20.8 Å². The number of aliphatic carboxylic acids is 1. The first kappa shape index (κ1) is 9.04. The molecule has 3 fully saturated rings. The highest BCUT2D eigenvalue weighted by Gasteiger charge is 2.68. The summed E-state index contributed by atoms with van der Waals surface area (Å²) in [6.45, 7) is 6.36. The number of rotatable bonds is 1. The highest BCUT2D eigenvalue weighted by molar-refractivity contribution is 5.78. The lowest BCUT2D eigenvalue weighted by atomic mass is 9.37. The van der Waals surface area contributed by atoms with E-state index in [4.69, 9.17) is 0 Å². The van der Waals surface area contributed by atoms with Crippen molar-refractivity contribution in [1.82, 2.24) is 0 Å². The van der Waals surface area contributed by atoms with Crippen LogP contribution in [0.5, 0.6) is 0 Å². The Kier molecular flexibility index (Phi) is 1.59. The zero-order chi connectivity index (χ0) is 9.85. The van der Waals surface area contributed by atoms with E-state index in [1.54, 1.807) is 0 Å². The molecule has 3 aliphatic carbocycles. The van der Waals surface area contributed by atoms with E-state index in [1.807, 2.05) is 0 Å².